The Labute approximate surface area is 130 Å². The van der Waals surface area contributed by atoms with Gasteiger partial charge in [-0.1, -0.05) is 30.3 Å². The molecule has 0 saturated carbocycles. The highest BCUT2D eigenvalue weighted by Crippen LogP contribution is 2.36. The summed E-state index contributed by atoms with van der Waals surface area (Å²) in [5.74, 6) is 0. The molecule has 0 bridgehead atoms. The lowest BCUT2D eigenvalue weighted by Gasteiger charge is -2.34. The zero-order valence-corrected chi connectivity index (χ0v) is 13.6. The summed E-state index contributed by atoms with van der Waals surface area (Å²) in [4.78, 5) is 0. The zero-order valence-electron chi connectivity index (χ0n) is 12.8. The molecule has 1 saturated heterocycles. The molecule has 7 heteroatoms. The molecule has 2 heterocycles. The van der Waals surface area contributed by atoms with Crippen LogP contribution in [0.3, 0.4) is 0 Å². The minimum absolute atomic E-state index is 0.00804. The molecule has 3 rings (SSSR count). The molecule has 2 aromatic rings. The highest BCUT2D eigenvalue weighted by Gasteiger charge is 2.45. The first-order chi connectivity index (χ1) is 10.4. The molecule has 0 aliphatic carbocycles. The van der Waals surface area contributed by atoms with Gasteiger partial charge in [-0.2, -0.15) is 4.31 Å². The van der Waals surface area contributed by atoms with E-state index in [0.717, 1.165) is 18.4 Å². The number of hydrogen-bond donors (Lipinski definition) is 0. The van der Waals surface area contributed by atoms with E-state index >= 15 is 0 Å². The second-order valence-corrected chi connectivity index (χ2v) is 7.82. The normalized spacial score (nSPS) is 23.0. The maximum absolute atomic E-state index is 12.9. The van der Waals surface area contributed by atoms with Gasteiger partial charge in [0.15, 0.2) is 0 Å². The van der Waals surface area contributed by atoms with E-state index in [2.05, 4.69) is 10.2 Å². The first-order valence-electron chi connectivity index (χ1n) is 7.34. The lowest BCUT2D eigenvalue weighted by Crippen LogP contribution is -2.47. The number of rotatable bonds is 4. The summed E-state index contributed by atoms with van der Waals surface area (Å²) in [5, 5.41) is 7.49. The third-order valence-electron chi connectivity index (χ3n) is 4.30. The van der Waals surface area contributed by atoms with Crippen molar-refractivity contribution >= 4 is 10.0 Å². The summed E-state index contributed by atoms with van der Waals surface area (Å²) in [6.07, 6.45) is 3.82. The SMILES string of the molecule is Cn1cnnc1S(=O)(=O)N1CCCC1(C)Cc1ccccc1. The summed E-state index contributed by atoms with van der Waals surface area (Å²) < 4.78 is 28.9. The molecule has 1 aromatic heterocycles. The molecule has 1 unspecified atom stereocenters. The van der Waals surface area contributed by atoms with E-state index in [1.807, 2.05) is 37.3 Å². The lowest BCUT2D eigenvalue weighted by atomic mass is 9.91. The smallest absolute Gasteiger partial charge is 0.279 e. The van der Waals surface area contributed by atoms with Gasteiger partial charge in [0.05, 0.1) is 0 Å². The van der Waals surface area contributed by atoms with E-state index < -0.39 is 15.6 Å². The fourth-order valence-corrected chi connectivity index (χ4v) is 5.09. The van der Waals surface area contributed by atoms with Gasteiger partial charge in [0.1, 0.15) is 6.33 Å². The molecule has 1 aromatic carbocycles. The predicted octanol–water partition coefficient (Wildman–Crippen LogP) is 1.60. The van der Waals surface area contributed by atoms with Crippen LogP contribution in [0.4, 0.5) is 0 Å². The summed E-state index contributed by atoms with van der Waals surface area (Å²) in [7, 11) is -1.98. The number of sulfonamides is 1. The first-order valence-corrected chi connectivity index (χ1v) is 8.78. The Morgan fingerprint density at radius 1 is 1.27 bits per heavy atom. The fraction of sp³-hybridized carbons (Fsp3) is 0.467. The van der Waals surface area contributed by atoms with Crippen molar-refractivity contribution in [2.24, 2.45) is 7.05 Å². The molecular formula is C15H20N4O2S. The minimum atomic E-state index is -3.63. The predicted molar refractivity (Wildman–Crippen MR) is 82.7 cm³/mol. The van der Waals surface area contributed by atoms with Crippen LogP contribution in [0.2, 0.25) is 0 Å². The molecule has 1 aliphatic rings. The summed E-state index contributed by atoms with van der Waals surface area (Å²) >= 11 is 0. The number of hydrogen-bond acceptors (Lipinski definition) is 4. The topological polar surface area (TPSA) is 68.1 Å². The molecule has 22 heavy (non-hydrogen) atoms. The zero-order chi connectivity index (χ0) is 15.8. The van der Waals surface area contributed by atoms with Crippen molar-refractivity contribution < 1.29 is 8.42 Å². The van der Waals surface area contributed by atoms with Crippen LogP contribution in [0.15, 0.2) is 41.8 Å². The van der Waals surface area contributed by atoms with Crippen molar-refractivity contribution in [1.29, 1.82) is 0 Å². The first kappa shape index (κ1) is 15.2. The summed E-state index contributed by atoms with van der Waals surface area (Å²) in [5.41, 5.74) is 0.719. The van der Waals surface area contributed by atoms with Crippen molar-refractivity contribution in [2.45, 2.75) is 36.9 Å². The molecule has 6 nitrogen and oxygen atoms in total. The van der Waals surface area contributed by atoms with Gasteiger partial charge in [0, 0.05) is 19.1 Å². The average Bonchev–Trinajstić information content (AvgIpc) is 3.06. The Morgan fingerprint density at radius 3 is 2.64 bits per heavy atom. The number of aromatic nitrogens is 3. The molecule has 1 aliphatic heterocycles. The van der Waals surface area contributed by atoms with Crippen LogP contribution in [0.5, 0.6) is 0 Å². The Balaban J connectivity index is 1.94. The largest absolute Gasteiger partial charge is 0.306 e. The van der Waals surface area contributed by atoms with E-state index in [-0.39, 0.29) is 5.16 Å². The van der Waals surface area contributed by atoms with E-state index in [1.54, 1.807) is 11.4 Å². The molecule has 0 N–H and O–H groups in total. The van der Waals surface area contributed by atoms with Gasteiger partial charge < -0.3 is 4.57 Å². The maximum Gasteiger partial charge on any atom is 0.279 e. The van der Waals surface area contributed by atoms with E-state index in [1.165, 1.54) is 10.9 Å². The van der Waals surface area contributed by atoms with Crippen LogP contribution in [-0.2, 0) is 23.5 Å². The molecule has 118 valence electrons. The Hall–Kier alpha value is -1.73. The van der Waals surface area contributed by atoms with Gasteiger partial charge >= 0.3 is 0 Å². The van der Waals surface area contributed by atoms with Crippen LogP contribution in [0, 0.1) is 0 Å². The van der Waals surface area contributed by atoms with Crippen LogP contribution in [0.25, 0.3) is 0 Å². The number of aryl methyl sites for hydroxylation is 1. The van der Waals surface area contributed by atoms with Crippen molar-refractivity contribution in [3.8, 4) is 0 Å². The maximum atomic E-state index is 12.9. The monoisotopic (exact) mass is 320 g/mol. The Kier molecular flexibility index (Phi) is 3.78. The molecule has 1 fully saturated rings. The third-order valence-corrected chi connectivity index (χ3v) is 6.33. The van der Waals surface area contributed by atoms with Gasteiger partial charge in [-0.05, 0) is 31.7 Å². The highest BCUT2D eigenvalue weighted by molar-refractivity contribution is 7.89. The van der Waals surface area contributed by atoms with E-state index in [9.17, 15) is 8.42 Å². The minimum Gasteiger partial charge on any atom is -0.306 e. The number of nitrogens with zero attached hydrogens (tertiary/aromatic N) is 4. The summed E-state index contributed by atoms with van der Waals surface area (Å²) in [6.45, 7) is 2.54. The van der Waals surface area contributed by atoms with Gasteiger partial charge in [0.2, 0.25) is 0 Å². The Bertz CT molecular complexity index is 757. The molecular weight excluding hydrogens is 300 g/mol. The van der Waals surface area contributed by atoms with Crippen LogP contribution >= 0.6 is 0 Å². The second kappa shape index (κ2) is 5.48. The Morgan fingerprint density at radius 2 is 2.00 bits per heavy atom. The van der Waals surface area contributed by atoms with Crippen molar-refractivity contribution in [3.05, 3.63) is 42.2 Å². The van der Waals surface area contributed by atoms with E-state index in [4.69, 9.17) is 0 Å². The van der Waals surface area contributed by atoms with Crippen molar-refractivity contribution in [3.63, 3.8) is 0 Å². The van der Waals surface area contributed by atoms with Crippen LogP contribution in [-0.4, -0.2) is 39.6 Å². The standard InChI is InChI=1S/C15H20N4O2S/c1-15(11-13-7-4-3-5-8-13)9-6-10-19(15)22(20,21)14-17-16-12-18(14)2/h3-5,7-8,12H,6,9-11H2,1-2H3. The van der Waals surface area contributed by atoms with E-state index in [0.29, 0.717) is 13.0 Å². The van der Waals surface area contributed by atoms with Crippen molar-refractivity contribution in [2.75, 3.05) is 6.54 Å². The van der Waals surface area contributed by atoms with Gasteiger partial charge in [-0.25, -0.2) is 8.42 Å². The van der Waals surface area contributed by atoms with Gasteiger partial charge in [-0.3, -0.25) is 0 Å². The second-order valence-electron chi connectivity index (χ2n) is 6.06. The highest BCUT2D eigenvalue weighted by atomic mass is 32.2. The van der Waals surface area contributed by atoms with Gasteiger partial charge in [-0.15, -0.1) is 10.2 Å². The van der Waals surface area contributed by atoms with Crippen molar-refractivity contribution in [1.82, 2.24) is 19.1 Å². The lowest BCUT2D eigenvalue weighted by molar-refractivity contribution is 0.261. The number of benzene rings is 1. The summed E-state index contributed by atoms with van der Waals surface area (Å²) in [6, 6.07) is 10.0. The molecule has 1 atom stereocenters. The van der Waals surface area contributed by atoms with Crippen LogP contribution < -0.4 is 0 Å². The third kappa shape index (κ3) is 2.55. The molecule has 0 spiro atoms. The van der Waals surface area contributed by atoms with Gasteiger partial charge in [0.25, 0.3) is 15.2 Å². The molecule has 0 amide bonds. The quantitative estimate of drug-likeness (QED) is 0.858. The van der Waals surface area contributed by atoms with Crippen LogP contribution in [0.1, 0.15) is 25.3 Å². The average molecular weight is 320 g/mol. The molecule has 0 radical (unpaired) electrons. The fourth-order valence-electron chi connectivity index (χ4n) is 3.23.